The van der Waals surface area contributed by atoms with Crippen LogP contribution >= 0.6 is 11.3 Å². The first-order chi connectivity index (χ1) is 9.99. The second-order valence-corrected chi connectivity index (χ2v) is 6.43. The number of carboxylic acid groups (broad SMARTS) is 1. The summed E-state index contributed by atoms with van der Waals surface area (Å²) in [5.74, 6) is -1.09. The molecule has 2 N–H and O–H groups in total. The Bertz CT molecular complexity index is 679. The molecule has 1 aliphatic heterocycles. The van der Waals surface area contributed by atoms with Crippen molar-refractivity contribution < 1.29 is 14.7 Å². The fourth-order valence-corrected chi connectivity index (χ4v) is 3.15. The van der Waals surface area contributed by atoms with Gasteiger partial charge in [0.25, 0.3) is 5.91 Å². The van der Waals surface area contributed by atoms with Crippen molar-refractivity contribution in [3.8, 4) is 10.6 Å². The number of carbonyl (C=O) groups is 2. The number of carbonyl (C=O) groups excluding carboxylic acids is 1. The number of hydrogen-bond donors (Lipinski definition) is 2. The highest BCUT2D eigenvalue weighted by Gasteiger charge is 2.42. The molecule has 1 amide bonds. The average molecular weight is 305 g/mol. The number of carboxylic acids is 1. The molecule has 0 unspecified atom stereocenters. The van der Waals surface area contributed by atoms with Crippen LogP contribution in [-0.2, 0) is 4.79 Å². The maximum absolute atomic E-state index is 12.4. The number of H-pyrrole nitrogens is 1. The summed E-state index contributed by atoms with van der Waals surface area (Å²) >= 11 is 1.56. The van der Waals surface area contributed by atoms with Gasteiger partial charge >= 0.3 is 5.97 Å². The number of likely N-dealkylation sites (tertiary alicyclic amines) is 1. The van der Waals surface area contributed by atoms with Crippen molar-refractivity contribution in [2.45, 2.75) is 13.3 Å². The largest absolute Gasteiger partial charge is 0.481 e. The number of nitrogens with one attached hydrogen (secondary N) is 1. The molecule has 1 atom stereocenters. The Morgan fingerprint density at radius 2 is 2.33 bits per heavy atom. The molecule has 0 spiro atoms. The molecule has 1 fully saturated rings. The second-order valence-electron chi connectivity index (χ2n) is 5.49. The van der Waals surface area contributed by atoms with Gasteiger partial charge in [0.1, 0.15) is 0 Å². The monoisotopic (exact) mass is 305 g/mol. The topological polar surface area (TPSA) is 86.3 Å². The minimum atomic E-state index is -0.862. The third kappa shape index (κ3) is 2.44. The number of aromatic nitrogens is 2. The van der Waals surface area contributed by atoms with E-state index in [2.05, 4.69) is 10.2 Å². The molecule has 2 aromatic heterocycles. The van der Waals surface area contributed by atoms with E-state index in [0.717, 1.165) is 10.6 Å². The van der Waals surface area contributed by atoms with Crippen LogP contribution < -0.4 is 0 Å². The van der Waals surface area contributed by atoms with Gasteiger partial charge in [-0.3, -0.25) is 14.7 Å². The Morgan fingerprint density at radius 1 is 1.52 bits per heavy atom. The summed E-state index contributed by atoms with van der Waals surface area (Å²) in [6.07, 6.45) is 0.469. The maximum atomic E-state index is 12.4. The SMILES string of the molecule is C[C@]1(C(=O)O)CCN(C(=O)c2cc(-c3cccs3)[nH]n2)C1. The lowest BCUT2D eigenvalue weighted by Crippen LogP contribution is -2.35. The Kier molecular flexibility index (Phi) is 3.29. The van der Waals surface area contributed by atoms with Crippen LogP contribution in [0.25, 0.3) is 10.6 Å². The molecule has 3 rings (SSSR count). The van der Waals surface area contributed by atoms with Gasteiger partial charge in [-0.2, -0.15) is 5.10 Å². The van der Waals surface area contributed by atoms with E-state index in [1.54, 1.807) is 29.2 Å². The van der Waals surface area contributed by atoms with Gasteiger partial charge in [0.15, 0.2) is 5.69 Å². The van der Waals surface area contributed by atoms with E-state index in [1.807, 2.05) is 17.5 Å². The molecule has 2 aromatic rings. The summed E-state index contributed by atoms with van der Waals surface area (Å²) in [6, 6.07) is 5.59. The lowest BCUT2D eigenvalue weighted by Gasteiger charge is -2.19. The van der Waals surface area contributed by atoms with E-state index < -0.39 is 11.4 Å². The molecule has 110 valence electrons. The summed E-state index contributed by atoms with van der Waals surface area (Å²) < 4.78 is 0. The Labute approximate surface area is 125 Å². The Balaban J connectivity index is 1.76. The first-order valence-corrected chi connectivity index (χ1v) is 7.49. The van der Waals surface area contributed by atoms with Gasteiger partial charge in [0.2, 0.25) is 0 Å². The maximum Gasteiger partial charge on any atom is 0.311 e. The molecular weight excluding hydrogens is 290 g/mol. The summed E-state index contributed by atoms with van der Waals surface area (Å²) in [6.45, 7) is 2.34. The molecule has 7 heteroatoms. The number of rotatable bonds is 3. The van der Waals surface area contributed by atoms with Crippen molar-refractivity contribution in [1.82, 2.24) is 15.1 Å². The average Bonchev–Trinajstić information content (AvgIpc) is 3.18. The summed E-state index contributed by atoms with van der Waals surface area (Å²) in [5, 5.41) is 18.1. The van der Waals surface area contributed by atoms with Crippen molar-refractivity contribution in [2.24, 2.45) is 5.41 Å². The van der Waals surface area contributed by atoms with Crippen LogP contribution in [0.3, 0.4) is 0 Å². The zero-order valence-corrected chi connectivity index (χ0v) is 12.3. The van der Waals surface area contributed by atoms with Crippen molar-refractivity contribution in [1.29, 1.82) is 0 Å². The minimum absolute atomic E-state index is 0.223. The predicted molar refractivity (Wildman–Crippen MR) is 78.2 cm³/mol. The Morgan fingerprint density at radius 3 is 2.95 bits per heavy atom. The molecule has 1 aliphatic rings. The molecule has 0 radical (unpaired) electrons. The molecule has 0 aromatic carbocycles. The second kappa shape index (κ2) is 5.00. The van der Waals surface area contributed by atoms with Gasteiger partial charge in [-0.25, -0.2) is 0 Å². The van der Waals surface area contributed by atoms with E-state index in [-0.39, 0.29) is 12.5 Å². The van der Waals surface area contributed by atoms with Crippen LogP contribution in [0.1, 0.15) is 23.8 Å². The molecule has 0 bridgehead atoms. The molecule has 0 aliphatic carbocycles. The Hall–Kier alpha value is -2.15. The quantitative estimate of drug-likeness (QED) is 0.909. The number of amides is 1. The van der Waals surface area contributed by atoms with E-state index in [4.69, 9.17) is 0 Å². The van der Waals surface area contributed by atoms with Crippen LogP contribution in [0.2, 0.25) is 0 Å². The van der Waals surface area contributed by atoms with Gasteiger partial charge in [-0.15, -0.1) is 11.3 Å². The summed E-state index contributed by atoms with van der Waals surface area (Å²) in [7, 11) is 0. The van der Waals surface area contributed by atoms with E-state index >= 15 is 0 Å². The van der Waals surface area contributed by atoms with E-state index in [1.165, 1.54) is 0 Å². The van der Waals surface area contributed by atoms with Crippen molar-refractivity contribution >= 4 is 23.2 Å². The van der Waals surface area contributed by atoms with Crippen LogP contribution in [0.4, 0.5) is 0 Å². The minimum Gasteiger partial charge on any atom is -0.481 e. The summed E-state index contributed by atoms with van der Waals surface area (Å²) in [4.78, 5) is 26.2. The van der Waals surface area contributed by atoms with Gasteiger partial charge in [0, 0.05) is 13.1 Å². The zero-order valence-electron chi connectivity index (χ0n) is 11.5. The van der Waals surface area contributed by atoms with Crippen LogP contribution in [0, 0.1) is 5.41 Å². The van der Waals surface area contributed by atoms with Crippen LogP contribution in [0.15, 0.2) is 23.6 Å². The lowest BCUT2D eigenvalue weighted by molar-refractivity contribution is -0.147. The van der Waals surface area contributed by atoms with E-state index in [9.17, 15) is 14.7 Å². The van der Waals surface area contributed by atoms with E-state index in [0.29, 0.717) is 18.7 Å². The molecule has 1 saturated heterocycles. The number of aliphatic carboxylic acids is 1. The first kappa shape index (κ1) is 13.8. The van der Waals surface area contributed by atoms with Crippen molar-refractivity contribution in [3.05, 3.63) is 29.3 Å². The van der Waals surface area contributed by atoms with Gasteiger partial charge < -0.3 is 10.0 Å². The fourth-order valence-electron chi connectivity index (χ4n) is 2.46. The fraction of sp³-hybridized carbons (Fsp3) is 0.357. The smallest absolute Gasteiger partial charge is 0.311 e. The third-order valence-corrected chi connectivity index (χ3v) is 4.76. The number of thiophene rings is 1. The van der Waals surface area contributed by atoms with Crippen molar-refractivity contribution in [3.63, 3.8) is 0 Å². The van der Waals surface area contributed by atoms with Crippen LogP contribution in [0.5, 0.6) is 0 Å². The molecule has 6 nitrogen and oxygen atoms in total. The lowest BCUT2D eigenvalue weighted by atomic mass is 9.90. The highest BCUT2D eigenvalue weighted by molar-refractivity contribution is 7.13. The van der Waals surface area contributed by atoms with Crippen molar-refractivity contribution in [2.75, 3.05) is 13.1 Å². The first-order valence-electron chi connectivity index (χ1n) is 6.61. The number of hydrogen-bond acceptors (Lipinski definition) is 4. The third-order valence-electron chi connectivity index (χ3n) is 3.86. The van der Waals surface area contributed by atoms with Gasteiger partial charge in [0.05, 0.1) is 16.0 Å². The molecule has 0 saturated carbocycles. The number of nitrogens with zero attached hydrogens (tertiary/aromatic N) is 2. The predicted octanol–water partition coefficient (Wildman–Crippen LogP) is 2.08. The molecular formula is C14H15N3O3S. The number of aromatic amines is 1. The molecule has 21 heavy (non-hydrogen) atoms. The highest BCUT2D eigenvalue weighted by Crippen LogP contribution is 2.31. The summed E-state index contributed by atoms with van der Waals surface area (Å²) in [5.41, 5.74) is 0.268. The highest BCUT2D eigenvalue weighted by atomic mass is 32.1. The normalized spacial score (nSPS) is 21.7. The van der Waals surface area contributed by atoms with Crippen LogP contribution in [-0.4, -0.2) is 45.2 Å². The molecule has 3 heterocycles. The van der Waals surface area contributed by atoms with Gasteiger partial charge in [-0.1, -0.05) is 6.07 Å². The zero-order chi connectivity index (χ0) is 15.0. The van der Waals surface area contributed by atoms with Gasteiger partial charge in [-0.05, 0) is 30.9 Å². The standard InChI is InChI=1S/C14H15N3O3S/c1-14(13(19)20)4-5-17(8-14)12(18)10-7-9(15-16-10)11-3-2-6-21-11/h2-3,6-7H,4-5,8H2,1H3,(H,15,16)(H,19,20)/t14-/m0/s1.